The number of ether oxygens (including phenoxy) is 2. The number of nitrogens with one attached hydrogen (secondary N) is 1. The van der Waals surface area contributed by atoms with Crippen LogP contribution in [0.25, 0.3) is 22.1 Å². The monoisotopic (exact) mass is 540 g/mol. The van der Waals surface area contributed by atoms with Crippen LogP contribution < -0.4 is 14.2 Å². The lowest BCUT2D eigenvalue weighted by Crippen LogP contribution is -2.39. The minimum absolute atomic E-state index is 0.00412. The summed E-state index contributed by atoms with van der Waals surface area (Å²) < 4.78 is 47.3. The van der Waals surface area contributed by atoms with Gasteiger partial charge in [0.25, 0.3) is 0 Å². The highest BCUT2D eigenvalue weighted by atomic mass is 32.2. The first kappa shape index (κ1) is 27.4. The van der Waals surface area contributed by atoms with E-state index in [4.69, 9.17) is 13.9 Å². The molecule has 2 heterocycles. The van der Waals surface area contributed by atoms with Gasteiger partial charge in [0.05, 0.1) is 32.0 Å². The summed E-state index contributed by atoms with van der Waals surface area (Å²) in [6, 6.07) is 11.9. The maximum absolute atomic E-state index is 15.6. The summed E-state index contributed by atoms with van der Waals surface area (Å²) >= 11 is -1.38. The van der Waals surface area contributed by atoms with Crippen LogP contribution in [0.3, 0.4) is 0 Å². The molecule has 0 aliphatic carbocycles. The molecule has 10 heteroatoms. The number of furan rings is 1. The standard InChI is InChI=1S/C28H29FN2O6S/c1-28(2,3)38(34)31-15-23-26(29)21(7-9-30-23)22-12-17(11-19-8-10-36-27(19)22)16-37-24-14-20(35-4)6-5-18(24)13-25(32)33/h5-12,14,31H,13,15-16H2,1-4H3,(H,32,33)/t38-/m0/s1. The molecular weight excluding hydrogens is 511 g/mol. The lowest BCUT2D eigenvalue weighted by molar-refractivity contribution is -0.136. The van der Waals surface area contributed by atoms with E-state index in [9.17, 15) is 14.5 Å². The molecule has 4 rings (SSSR count). The van der Waals surface area contributed by atoms with E-state index >= 15 is 4.39 Å². The summed E-state index contributed by atoms with van der Waals surface area (Å²) in [4.78, 5) is 15.4. The Morgan fingerprint density at radius 3 is 2.68 bits per heavy atom. The zero-order valence-electron chi connectivity index (χ0n) is 21.5. The van der Waals surface area contributed by atoms with Gasteiger partial charge in [0.2, 0.25) is 0 Å². The number of aliphatic carboxylic acids is 1. The van der Waals surface area contributed by atoms with Crippen LogP contribution in [-0.4, -0.2) is 32.5 Å². The number of carbonyl (C=O) groups is 1. The third kappa shape index (κ3) is 6.27. The number of fused-ring (bicyclic) bond motifs is 1. The molecule has 0 spiro atoms. The molecule has 200 valence electrons. The van der Waals surface area contributed by atoms with Gasteiger partial charge < -0.3 is 23.6 Å². The third-order valence-electron chi connectivity index (χ3n) is 5.80. The Balaban J connectivity index is 1.65. The number of pyridine rings is 1. The fourth-order valence-electron chi connectivity index (χ4n) is 3.86. The van der Waals surface area contributed by atoms with E-state index in [0.717, 1.165) is 10.9 Å². The van der Waals surface area contributed by atoms with Gasteiger partial charge in [-0.1, -0.05) is 6.07 Å². The van der Waals surface area contributed by atoms with Crippen molar-refractivity contribution in [3.8, 4) is 22.6 Å². The number of carboxylic acids is 1. The van der Waals surface area contributed by atoms with Crippen LogP contribution >= 0.6 is 0 Å². The van der Waals surface area contributed by atoms with Gasteiger partial charge in [-0.2, -0.15) is 0 Å². The van der Waals surface area contributed by atoms with Crippen molar-refractivity contribution in [2.45, 2.75) is 45.1 Å². The number of rotatable bonds is 10. The van der Waals surface area contributed by atoms with Crippen molar-refractivity contribution >= 4 is 28.3 Å². The van der Waals surface area contributed by atoms with Crippen molar-refractivity contribution in [3.63, 3.8) is 0 Å². The third-order valence-corrected chi connectivity index (χ3v) is 7.32. The van der Waals surface area contributed by atoms with Crippen LogP contribution in [0.4, 0.5) is 4.39 Å². The van der Waals surface area contributed by atoms with Crippen LogP contribution in [-0.2, 0) is 35.7 Å². The predicted octanol–water partition coefficient (Wildman–Crippen LogP) is 5.40. The van der Waals surface area contributed by atoms with Crippen LogP contribution in [0, 0.1) is 5.82 Å². The maximum Gasteiger partial charge on any atom is 0.307 e. The van der Waals surface area contributed by atoms with E-state index in [1.54, 1.807) is 36.4 Å². The minimum Gasteiger partial charge on any atom is -0.598 e. The first-order valence-corrected chi connectivity index (χ1v) is 13.0. The van der Waals surface area contributed by atoms with E-state index in [-0.39, 0.29) is 30.8 Å². The molecule has 0 amide bonds. The first-order valence-electron chi connectivity index (χ1n) is 11.9. The number of aromatic nitrogens is 1. The highest BCUT2D eigenvalue weighted by Crippen LogP contribution is 2.34. The van der Waals surface area contributed by atoms with Crippen LogP contribution in [0.1, 0.15) is 37.6 Å². The van der Waals surface area contributed by atoms with Crippen LogP contribution in [0.15, 0.2) is 59.3 Å². The summed E-state index contributed by atoms with van der Waals surface area (Å²) in [5.41, 5.74) is 2.67. The average molecular weight is 541 g/mol. The smallest absolute Gasteiger partial charge is 0.307 e. The summed E-state index contributed by atoms with van der Waals surface area (Å²) in [7, 11) is 1.52. The van der Waals surface area contributed by atoms with Crippen molar-refractivity contribution in [3.05, 3.63) is 77.6 Å². The molecule has 0 saturated carbocycles. The molecule has 0 bridgehead atoms. The second kappa shape index (κ2) is 11.4. The molecule has 0 aliphatic heterocycles. The molecule has 0 aliphatic rings. The highest BCUT2D eigenvalue weighted by molar-refractivity contribution is 7.90. The molecule has 0 fully saturated rings. The topological polar surface area (TPSA) is 117 Å². The largest absolute Gasteiger partial charge is 0.598 e. The number of benzene rings is 2. The molecule has 2 aromatic carbocycles. The van der Waals surface area contributed by atoms with E-state index in [0.29, 0.717) is 28.2 Å². The zero-order valence-corrected chi connectivity index (χ0v) is 22.4. The first-order chi connectivity index (χ1) is 18.1. The quantitative estimate of drug-likeness (QED) is 0.257. The van der Waals surface area contributed by atoms with Crippen molar-refractivity contribution in [2.24, 2.45) is 0 Å². The van der Waals surface area contributed by atoms with Crippen molar-refractivity contribution in [1.82, 2.24) is 9.71 Å². The van der Waals surface area contributed by atoms with Gasteiger partial charge in [-0.25, -0.2) is 4.39 Å². The molecule has 38 heavy (non-hydrogen) atoms. The molecule has 0 radical (unpaired) electrons. The van der Waals surface area contributed by atoms with Gasteiger partial charge in [-0.05, 0) is 56.7 Å². The molecule has 0 unspecified atom stereocenters. The minimum atomic E-state index is -1.38. The Kier molecular flexibility index (Phi) is 8.25. The van der Waals surface area contributed by atoms with Gasteiger partial charge in [0, 0.05) is 45.7 Å². The molecule has 4 aromatic rings. The molecule has 0 saturated heterocycles. The zero-order chi connectivity index (χ0) is 27.4. The number of hydrogen-bond donors (Lipinski definition) is 2. The van der Waals surface area contributed by atoms with E-state index in [1.807, 2.05) is 26.8 Å². The van der Waals surface area contributed by atoms with Crippen LogP contribution in [0.5, 0.6) is 11.5 Å². The van der Waals surface area contributed by atoms with Crippen molar-refractivity contribution < 1.29 is 32.7 Å². The summed E-state index contributed by atoms with van der Waals surface area (Å²) in [6.45, 7) is 5.57. The van der Waals surface area contributed by atoms with Gasteiger partial charge in [-0.3, -0.25) is 9.78 Å². The van der Waals surface area contributed by atoms with E-state index in [1.165, 1.54) is 19.6 Å². The fourth-order valence-corrected chi connectivity index (χ4v) is 4.56. The van der Waals surface area contributed by atoms with E-state index < -0.39 is 27.9 Å². The van der Waals surface area contributed by atoms with Crippen molar-refractivity contribution in [1.29, 1.82) is 0 Å². The molecule has 2 N–H and O–H groups in total. The average Bonchev–Trinajstić information content (AvgIpc) is 3.35. The van der Waals surface area contributed by atoms with Gasteiger partial charge in [0.1, 0.15) is 28.4 Å². The lowest BCUT2D eigenvalue weighted by Gasteiger charge is -2.23. The lowest BCUT2D eigenvalue weighted by atomic mass is 10.00. The summed E-state index contributed by atoms with van der Waals surface area (Å²) in [5, 5.41) is 10.0. The molecule has 1 atom stereocenters. The SMILES string of the molecule is COc1ccc(CC(=O)O)c(OCc2cc(-c3ccnc(CN[S@@+]([O-])C(C)(C)C)c3F)c3occc3c2)c1. The molecule has 2 aromatic heterocycles. The Hall–Kier alpha value is -3.60. The van der Waals surface area contributed by atoms with Crippen molar-refractivity contribution in [2.75, 3.05) is 7.11 Å². The Labute approximate surface area is 223 Å². The number of carboxylic acid groups (broad SMARTS) is 1. The number of halogens is 1. The molecule has 8 nitrogen and oxygen atoms in total. The van der Waals surface area contributed by atoms with Gasteiger partial charge in [-0.15, -0.1) is 4.72 Å². The Morgan fingerprint density at radius 2 is 1.97 bits per heavy atom. The second-order valence-electron chi connectivity index (χ2n) is 9.64. The number of nitrogens with zero attached hydrogens (tertiary/aromatic N) is 1. The second-order valence-corrected chi connectivity index (χ2v) is 11.7. The van der Waals surface area contributed by atoms with Gasteiger partial charge >= 0.3 is 5.97 Å². The summed E-state index contributed by atoms with van der Waals surface area (Å²) in [6.07, 6.45) is 2.83. The summed E-state index contributed by atoms with van der Waals surface area (Å²) in [5.74, 6) is -0.603. The van der Waals surface area contributed by atoms with Gasteiger partial charge in [0.15, 0.2) is 5.82 Å². The maximum atomic E-state index is 15.6. The fraction of sp³-hybridized carbons (Fsp3) is 0.286. The Morgan fingerprint density at radius 1 is 1.18 bits per heavy atom. The predicted molar refractivity (Wildman–Crippen MR) is 143 cm³/mol. The van der Waals surface area contributed by atoms with E-state index in [2.05, 4.69) is 9.71 Å². The number of methoxy groups -OCH3 is 1. The number of hydrogen-bond acceptors (Lipinski definition) is 7. The normalized spacial score (nSPS) is 12.5. The molecular formula is C28H29FN2O6S. The highest BCUT2D eigenvalue weighted by Gasteiger charge is 2.27. The van der Waals surface area contributed by atoms with Crippen LogP contribution in [0.2, 0.25) is 0 Å². The Bertz CT molecular complexity index is 1450.